The van der Waals surface area contributed by atoms with Gasteiger partial charge in [-0.1, -0.05) is 17.7 Å². The van der Waals surface area contributed by atoms with E-state index in [9.17, 15) is 9.59 Å². The van der Waals surface area contributed by atoms with E-state index in [1.54, 1.807) is 17.5 Å². The molecule has 1 saturated heterocycles. The molecule has 4 aromatic rings. The number of aromatic nitrogens is 5. The number of nitrogens with zero attached hydrogens (tertiary/aromatic N) is 6. The molecule has 0 spiro atoms. The first-order valence-corrected chi connectivity index (χ1v) is 10.6. The summed E-state index contributed by atoms with van der Waals surface area (Å²) in [6.45, 7) is 5.83. The number of fused-ring (bicyclic) bond motifs is 3. The van der Waals surface area contributed by atoms with E-state index in [1.807, 2.05) is 35.9 Å². The van der Waals surface area contributed by atoms with Crippen LogP contribution in [0, 0.1) is 6.92 Å². The van der Waals surface area contributed by atoms with E-state index in [2.05, 4.69) is 9.88 Å². The Kier molecular flexibility index (Phi) is 4.96. The fourth-order valence-electron chi connectivity index (χ4n) is 4.21. The third-order valence-corrected chi connectivity index (χ3v) is 6.07. The number of hydrogen-bond donors (Lipinski definition) is 0. The molecule has 1 aromatic carbocycles. The van der Waals surface area contributed by atoms with Crippen LogP contribution in [0.5, 0.6) is 0 Å². The van der Waals surface area contributed by atoms with Crippen molar-refractivity contribution in [2.24, 2.45) is 7.05 Å². The maximum atomic E-state index is 13.4. The number of halogens is 1. The zero-order valence-corrected chi connectivity index (χ0v) is 18.2. The molecule has 1 aliphatic heterocycles. The maximum Gasteiger partial charge on any atom is 0.332 e. The zero-order chi connectivity index (χ0) is 21.7. The average molecular weight is 443 g/mol. The molecule has 1 fully saturated rings. The molecule has 31 heavy (non-hydrogen) atoms. The molecule has 5 rings (SSSR count). The first-order chi connectivity index (χ1) is 15.0. The lowest BCUT2D eigenvalue weighted by atomic mass is 10.3. The van der Waals surface area contributed by atoms with Crippen LogP contribution >= 0.6 is 11.6 Å². The second kappa shape index (κ2) is 7.67. The van der Waals surface area contributed by atoms with Crippen LogP contribution in [-0.2, 0) is 18.3 Å². The van der Waals surface area contributed by atoms with Gasteiger partial charge in [0.15, 0.2) is 11.2 Å². The van der Waals surface area contributed by atoms with Gasteiger partial charge >= 0.3 is 5.69 Å². The van der Waals surface area contributed by atoms with Crippen LogP contribution in [0.15, 0.2) is 40.1 Å². The average Bonchev–Trinajstić information content (AvgIpc) is 3.27. The number of imidazole rings is 2. The molecule has 162 valence electrons. The van der Waals surface area contributed by atoms with E-state index >= 15 is 0 Å². The lowest BCUT2D eigenvalue weighted by Crippen LogP contribution is -2.44. The van der Waals surface area contributed by atoms with Crippen molar-refractivity contribution < 1.29 is 4.74 Å². The summed E-state index contributed by atoms with van der Waals surface area (Å²) in [4.78, 5) is 33.2. The summed E-state index contributed by atoms with van der Waals surface area (Å²) >= 11 is 6.18. The summed E-state index contributed by atoms with van der Waals surface area (Å²) in [6, 6.07) is 7.44. The summed E-state index contributed by atoms with van der Waals surface area (Å²) in [5.41, 5.74) is 1.80. The van der Waals surface area contributed by atoms with Crippen LogP contribution in [0.25, 0.3) is 22.6 Å². The Hall–Kier alpha value is -2.88. The molecule has 0 saturated carbocycles. The normalized spacial score (nSPS) is 15.3. The van der Waals surface area contributed by atoms with Crippen LogP contribution in [-0.4, -0.2) is 60.8 Å². The fraction of sp³-hybridized carbons (Fsp3) is 0.381. The smallest absolute Gasteiger partial charge is 0.332 e. The first-order valence-electron chi connectivity index (χ1n) is 10.2. The highest BCUT2D eigenvalue weighted by molar-refractivity contribution is 6.30. The van der Waals surface area contributed by atoms with E-state index in [-0.39, 0.29) is 11.2 Å². The van der Waals surface area contributed by atoms with Gasteiger partial charge in [0.2, 0.25) is 5.78 Å². The highest BCUT2D eigenvalue weighted by Gasteiger charge is 2.21. The minimum Gasteiger partial charge on any atom is -0.379 e. The van der Waals surface area contributed by atoms with Crippen molar-refractivity contribution in [1.29, 1.82) is 0 Å². The van der Waals surface area contributed by atoms with E-state index in [0.717, 1.165) is 24.5 Å². The second-order valence-electron chi connectivity index (χ2n) is 7.79. The Morgan fingerprint density at radius 2 is 1.94 bits per heavy atom. The van der Waals surface area contributed by atoms with Gasteiger partial charge in [0.05, 0.1) is 18.9 Å². The molecule has 4 heterocycles. The van der Waals surface area contributed by atoms with Gasteiger partial charge < -0.3 is 4.74 Å². The van der Waals surface area contributed by atoms with Crippen molar-refractivity contribution >= 4 is 28.5 Å². The Morgan fingerprint density at radius 3 is 2.68 bits per heavy atom. The monoisotopic (exact) mass is 442 g/mol. The van der Waals surface area contributed by atoms with Crippen molar-refractivity contribution in [3.63, 3.8) is 0 Å². The molecular weight excluding hydrogens is 420 g/mol. The Labute approximate surface area is 182 Å². The number of morpholine rings is 1. The summed E-state index contributed by atoms with van der Waals surface area (Å²) in [7, 11) is 1.65. The van der Waals surface area contributed by atoms with E-state index < -0.39 is 0 Å². The van der Waals surface area contributed by atoms with Crippen molar-refractivity contribution in [3.05, 3.63) is 62.0 Å². The standard InChI is InChI=1S/C21H23ClN6O3/c1-14-13-27-17-18(23-20(27)28(14)16-5-3-4-15(22)12-16)24(2)21(30)26(19(17)29)7-6-25-8-10-31-11-9-25/h3-5,12-13H,6-11H2,1-2H3. The molecule has 0 radical (unpaired) electrons. The Morgan fingerprint density at radius 1 is 1.16 bits per heavy atom. The van der Waals surface area contributed by atoms with Gasteiger partial charge in [-0.15, -0.1) is 0 Å². The van der Waals surface area contributed by atoms with E-state index in [0.29, 0.717) is 48.3 Å². The minimum atomic E-state index is -0.363. The van der Waals surface area contributed by atoms with Crippen molar-refractivity contribution in [1.82, 2.24) is 28.0 Å². The van der Waals surface area contributed by atoms with Crippen LogP contribution < -0.4 is 11.2 Å². The molecule has 1 aliphatic rings. The topological polar surface area (TPSA) is 78.7 Å². The van der Waals surface area contributed by atoms with Gasteiger partial charge in [0.25, 0.3) is 5.56 Å². The SMILES string of the molecule is Cc1cn2c3c(=O)n(CCN4CCOCC4)c(=O)n(C)c3nc2n1-c1cccc(Cl)c1. The molecule has 0 atom stereocenters. The molecule has 0 amide bonds. The van der Waals surface area contributed by atoms with Crippen LogP contribution in [0.2, 0.25) is 5.02 Å². The highest BCUT2D eigenvalue weighted by atomic mass is 35.5. The van der Waals surface area contributed by atoms with Crippen molar-refractivity contribution in [3.8, 4) is 5.69 Å². The highest BCUT2D eigenvalue weighted by Crippen LogP contribution is 2.22. The molecule has 0 bridgehead atoms. The van der Waals surface area contributed by atoms with Gasteiger partial charge in [0, 0.05) is 50.1 Å². The van der Waals surface area contributed by atoms with Gasteiger partial charge in [-0.3, -0.25) is 27.8 Å². The molecule has 0 unspecified atom stereocenters. The number of hydrogen-bond acceptors (Lipinski definition) is 5. The zero-order valence-electron chi connectivity index (χ0n) is 17.4. The number of aryl methyl sites for hydroxylation is 2. The second-order valence-corrected chi connectivity index (χ2v) is 8.23. The third-order valence-electron chi connectivity index (χ3n) is 5.84. The van der Waals surface area contributed by atoms with Crippen LogP contribution in [0.4, 0.5) is 0 Å². The minimum absolute atomic E-state index is 0.322. The predicted molar refractivity (Wildman–Crippen MR) is 119 cm³/mol. The van der Waals surface area contributed by atoms with Crippen molar-refractivity contribution in [2.75, 3.05) is 32.8 Å². The largest absolute Gasteiger partial charge is 0.379 e. The van der Waals surface area contributed by atoms with Crippen molar-refractivity contribution in [2.45, 2.75) is 13.5 Å². The van der Waals surface area contributed by atoms with Gasteiger partial charge in [-0.05, 0) is 25.1 Å². The summed E-state index contributed by atoms with van der Waals surface area (Å²) in [5, 5.41) is 0.609. The molecule has 9 nitrogen and oxygen atoms in total. The van der Waals surface area contributed by atoms with E-state index in [1.165, 1.54) is 9.13 Å². The molecular formula is C21H23ClN6O3. The molecule has 10 heteroatoms. The van der Waals surface area contributed by atoms with Gasteiger partial charge in [0.1, 0.15) is 0 Å². The quantitative estimate of drug-likeness (QED) is 0.478. The lowest BCUT2D eigenvalue weighted by molar-refractivity contribution is 0.0361. The summed E-state index contributed by atoms with van der Waals surface area (Å²) in [6.07, 6.45) is 1.86. The van der Waals surface area contributed by atoms with E-state index in [4.69, 9.17) is 16.3 Å². The number of benzene rings is 1. The van der Waals surface area contributed by atoms with Gasteiger partial charge in [-0.2, -0.15) is 4.98 Å². The van der Waals surface area contributed by atoms with Gasteiger partial charge in [-0.25, -0.2) is 4.79 Å². The predicted octanol–water partition coefficient (Wildman–Crippen LogP) is 1.43. The number of rotatable bonds is 4. The summed E-state index contributed by atoms with van der Waals surface area (Å²) < 4.78 is 11.8. The van der Waals surface area contributed by atoms with Crippen LogP contribution in [0.1, 0.15) is 5.69 Å². The first kappa shape index (κ1) is 20.0. The maximum absolute atomic E-state index is 13.4. The fourth-order valence-corrected chi connectivity index (χ4v) is 4.39. The lowest BCUT2D eigenvalue weighted by Gasteiger charge is -2.26. The third kappa shape index (κ3) is 3.29. The number of ether oxygens (including phenoxy) is 1. The summed E-state index contributed by atoms with van der Waals surface area (Å²) in [5.74, 6) is 0.563. The molecule has 0 aliphatic carbocycles. The Balaban J connectivity index is 1.67. The molecule has 0 N–H and O–H groups in total. The van der Waals surface area contributed by atoms with Crippen LogP contribution in [0.3, 0.4) is 0 Å². The molecule has 3 aromatic heterocycles. The Bertz CT molecular complexity index is 1410.